The van der Waals surface area contributed by atoms with Crippen LogP contribution in [0.15, 0.2) is 6.07 Å². The number of anilines is 2. The van der Waals surface area contributed by atoms with E-state index in [0.717, 1.165) is 12.8 Å². The lowest BCUT2D eigenvalue weighted by molar-refractivity contribution is -0.119. The summed E-state index contributed by atoms with van der Waals surface area (Å²) in [5, 5.41) is 6.33. The van der Waals surface area contributed by atoms with E-state index in [2.05, 4.69) is 21.0 Å². The van der Waals surface area contributed by atoms with E-state index in [1.807, 2.05) is 0 Å². The number of hydrogen-bond acceptors (Lipinski definition) is 5. The summed E-state index contributed by atoms with van der Waals surface area (Å²) in [6, 6.07) is 1.83. The van der Waals surface area contributed by atoms with Crippen LogP contribution in [0.2, 0.25) is 10.0 Å². The molecule has 1 aromatic heterocycles. The zero-order valence-electron chi connectivity index (χ0n) is 9.46. The minimum atomic E-state index is -0.0902. The summed E-state index contributed by atoms with van der Waals surface area (Å²) in [7, 11) is 0. The van der Waals surface area contributed by atoms with Crippen LogP contribution in [0, 0.1) is 0 Å². The highest BCUT2D eigenvalue weighted by atomic mass is 35.5. The molecule has 1 heterocycles. The van der Waals surface area contributed by atoms with E-state index in [9.17, 15) is 4.79 Å². The molecule has 1 fully saturated rings. The van der Waals surface area contributed by atoms with E-state index >= 15 is 0 Å². The quantitative estimate of drug-likeness (QED) is 0.485. The Kier molecular flexibility index (Phi) is 4.11. The van der Waals surface area contributed by atoms with E-state index in [0.29, 0.717) is 27.7 Å². The van der Waals surface area contributed by atoms with Gasteiger partial charge in [0.25, 0.3) is 0 Å². The Labute approximate surface area is 114 Å². The second-order valence-electron chi connectivity index (χ2n) is 3.99. The van der Waals surface area contributed by atoms with Crippen molar-refractivity contribution in [3.05, 3.63) is 16.1 Å². The first-order valence-electron chi connectivity index (χ1n) is 5.46. The zero-order valence-corrected chi connectivity index (χ0v) is 11.0. The van der Waals surface area contributed by atoms with E-state index < -0.39 is 0 Å². The van der Waals surface area contributed by atoms with Gasteiger partial charge in [-0.15, -0.1) is 0 Å². The summed E-state index contributed by atoms with van der Waals surface area (Å²) >= 11 is 11.8. The van der Waals surface area contributed by atoms with E-state index in [4.69, 9.17) is 29.0 Å². The molecule has 18 heavy (non-hydrogen) atoms. The maximum atomic E-state index is 11.5. The number of halogens is 2. The predicted molar refractivity (Wildman–Crippen MR) is 71.7 cm³/mol. The molecule has 1 aliphatic rings. The number of carbonyl (C=O) groups excluding carboxylic acids is 1. The topological polar surface area (TPSA) is 92.1 Å². The van der Waals surface area contributed by atoms with Gasteiger partial charge in [-0.3, -0.25) is 4.79 Å². The van der Waals surface area contributed by atoms with Crippen LogP contribution in [0.1, 0.15) is 12.8 Å². The Morgan fingerprint density at radius 1 is 1.39 bits per heavy atom. The number of nitrogens with two attached hydrogens (primary N) is 1. The van der Waals surface area contributed by atoms with Gasteiger partial charge in [-0.2, -0.15) is 0 Å². The average molecular weight is 290 g/mol. The van der Waals surface area contributed by atoms with Gasteiger partial charge < -0.3 is 16.1 Å². The molecule has 1 aliphatic carbocycles. The van der Waals surface area contributed by atoms with E-state index in [1.54, 1.807) is 0 Å². The highest BCUT2D eigenvalue weighted by Crippen LogP contribution is 2.28. The number of amides is 1. The number of hydrazine groups is 1. The third-order valence-electron chi connectivity index (χ3n) is 2.43. The molecule has 6 nitrogen and oxygen atoms in total. The van der Waals surface area contributed by atoms with Gasteiger partial charge in [0.05, 0.1) is 16.6 Å². The Balaban J connectivity index is 1.97. The summed E-state index contributed by atoms with van der Waals surface area (Å²) in [6.45, 7) is 0.106. The lowest BCUT2D eigenvalue weighted by atomic mass is 10.4. The number of carbonyl (C=O) groups is 1. The molecule has 0 aromatic carbocycles. The predicted octanol–water partition coefficient (Wildman–Crippen LogP) is 1.36. The van der Waals surface area contributed by atoms with Crippen molar-refractivity contribution in [3.8, 4) is 0 Å². The number of aromatic nitrogens is 1. The molecule has 0 bridgehead atoms. The molecule has 1 aromatic rings. The molecule has 0 spiro atoms. The van der Waals surface area contributed by atoms with Crippen LogP contribution in [0.3, 0.4) is 0 Å². The number of rotatable bonds is 5. The second-order valence-corrected chi connectivity index (χ2v) is 4.80. The van der Waals surface area contributed by atoms with Gasteiger partial charge in [0.15, 0.2) is 5.82 Å². The van der Waals surface area contributed by atoms with Crippen molar-refractivity contribution in [2.45, 2.75) is 18.9 Å². The van der Waals surface area contributed by atoms with Gasteiger partial charge in [0.1, 0.15) is 5.82 Å². The van der Waals surface area contributed by atoms with Crippen LogP contribution >= 0.6 is 23.2 Å². The third kappa shape index (κ3) is 3.38. The molecule has 0 unspecified atom stereocenters. The molecule has 0 radical (unpaired) electrons. The van der Waals surface area contributed by atoms with E-state index in [1.165, 1.54) is 6.07 Å². The molecule has 1 saturated carbocycles. The molecule has 0 atom stereocenters. The van der Waals surface area contributed by atoms with Gasteiger partial charge in [0, 0.05) is 6.04 Å². The number of hydrogen-bond donors (Lipinski definition) is 4. The van der Waals surface area contributed by atoms with Crippen LogP contribution in [-0.4, -0.2) is 23.5 Å². The molecule has 5 N–H and O–H groups in total. The van der Waals surface area contributed by atoms with Gasteiger partial charge in [0.2, 0.25) is 5.91 Å². The van der Waals surface area contributed by atoms with Crippen molar-refractivity contribution in [1.29, 1.82) is 0 Å². The first kappa shape index (κ1) is 13.2. The number of nitrogens with one attached hydrogen (secondary N) is 3. The number of pyridine rings is 1. The fourth-order valence-corrected chi connectivity index (χ4v) is 1.84. The van der Waals surface area contributed by atoms with Crippen molar-refractivity contribution in [2.24, 2.45) is 5.84 Å². The first-order valence-corrected chi connectivity index (χ1v) is 6.21. The lowest BCUT2D eigenvalue weighted by Crippen LogP contribution is -2.31. The van der Waals surface area contributed by atoms with Gasteiger partial charge in [-0.1, -0.05) is 23.2 Å². The maximum Gasteiger partial charge on any atom is 0.239 e. The second kappa shape index (κ2) is 5.60. The third-order valence-corrected chi connectivity index (χ3v) is 3.00. The minimum absolute atomic E-state index is 0.0902. The molecule has 0 saturated heterocycles. The summed E-state index contributed by atoms with van der Waals surface area (Å²) < 4.78 is 0. The van der Waals surface area contributed by atoms with Gasteiger partial charge in [-0.25, -0.2) is 10.8 Å². The molecule has 98 valence electrons. The normalized spacial score (nSPS) is 14.2. The van der Waals surface area contributed by atoms with Crippen molar-refractivity contribution >= 4 is 40.7 Å². The van der Waals surface area contributed by atoms with Gasteiger partial charge in [-0.05, 0) is 18.9 Å². The Morgan fingerprint density at radius 3 is 2.67 bits per heavy atom. The molecule has 2 rings (SSSR count). The van der Waals surface area contributed by atoms with Crippen LogP contribution < -0.4 is 21.9 Å². The maximum absolute atomic E-state index is 11.5. The smallest absolute Gasteiger partial charge is 0.239 e. The van der Waals surface area contributed by atoms with Crippen molar-refractivity contribution < 1.29 is 4.79 Å². The first-order chi connectivity index (χ1) is 8.60. The van der Waals surface area contributed by atoms with Crippen LogP contribution in [0.5, 0.6) is 0 Å². The van der Waals surface area contributed by atoms with Crippen LogP contribution in [0.4, 0.5) is 11.6 Å². The summed E-state index contributed by atoms with van der Waals surface area (Å²) in [5.74, 6) is 5.82. The number of nitrogens with zero attached hydrogens (tertiary/aromatic N) is 1. The molecule has 0 aliphatic heterocycles. The summed E-state index contributed by atoms with van der Waals surface area (Å²) in [6.07, 6.45) is 2.10. The van der Waals surface area contributed by atoms with Gasteiger partial charge >= 0.3 is 0 Å². The Hall–Kier alpha value is -1.24. The zero-order chi connectivity index (χ0) is 13.1. The Morgan fingerprint density at radius 2 is 2.06 bits per heavy atom. The summed E-state index contributed by atoms with van der Waals surface area (Å²) in [4.78, 5) is 15.6. The van der Waals surface area contributed by atoms with Crippen molar-refractivity contribution in [3.63, 3.8) is 0 Å². The number of nitrogen functional groups attached to an aromatic ring is 1. The fourth-order valence-electron chi connectivity index (χ4n) is 1.36. The largest absolute Gasteiger partial charge is 0.360 e. The Bertz CT molecular complexity index is 464. The highest BCUT2D eigenvalue weighted by molar-refractivity contribution is 6.37. The van der Waals surface area contributed by atoms with E-state index in [-0.39, 0.29) is 12.5 Å². The van der Waals surface area contributed by atoms with Crippen LogP contribution in [0.25, 0.3) is 0 Å². The fraction of sp³-hybridized carbons (Fsp3) is 0.400. The molecule has 8 heteroatoms. The molecule has 1 amide bonds. The van der Waals surface area contributed by atoms with Crippen molar-refractivity contribution in [1.82, 2.24) is 10.3 Å². The molecular formula is C10H13Cl2N5O. The highest BCUT2D eigenvalue weighted by Gasteiger charge is 2.23. The summed E-state index contributed by atoms with van der Waals surface area (Å²) in [5.41, 5.74) is 2.35. The van der Waals surface area contributed by atoms with Crippen LogP contribution in [-0.2, 0) is 4.79 Å². The average Bonchev–Trinajstić information content (AvgIpc) is 3.12. The molecular weight excluding hydrogens is 277 g/mol. The standard InChI is InChI=1S/C10H13Cl2N5O/c11-6-3-7(12)10(17-13)16-9(6)14-4-8(18)15-5-1-2-5/h3,5H,1-2,4,13H2,(H,15,18)(H2,14,16,17). The lowest BCUT2D eigenvalue weighted by Gasteiger charge is -2.10. The SMILES string of the molecule is NNc1nc(NCC(=O)NC2CC2)c(Cl)cc1Cl. The monoisotopic (exact) mass is 289 g/mol. The minimum Gasteiger partial charge on any atom is -0.360 e. The van der Waals surface area contributed by atoms with Crippen molar-refractivity contribution in [2.75, 3.05) is 17.3 Å².